The first-order valence-corrected chi connectivity index (χ1v) is 5.57. The van der Waals surface area contributed by atoms with E-state index >= 15 is 0 Å². The number of aromatic nitrogens is 3. The minimum absolute atomic E-state index is 0.491. The van der Waals surface area contributed by atoms with Crippen LogP contribution in [0.3, 0.4) is 0 Å². The minimum atomic E-state index is -0.629. The highest BCUT2D eigenvalue weighted by atomic mass is 32.1. The molecule has 86 valence electrons. The first-order chi connectivity index (χ1) is 7.07. The molecule has 0 saturated carbocycles. The van der Waals surface area contributed by atoms with Gasteiger partial charge in [-0.2, -0.15) is 5.10 Å². The van der Waals surface area contributed by atoms with Crippen molar-refractivity contribution in [3.63, 3.8) is 0 Å². The second-order valence-electron chi connectivity index (χ2n) is 3.66. The molecule has 0 fully saturated rings. The van der Waals surface area contributed by atoms with E-state index in [1.807, 2.05) is 4.57 Å². The van der Waals surface area contributed by atoms with Crippen molar-refractivity contribution < 1.29 is 5.11 Å². The molecule has 1 aromatic rings. The zero-order chi connectivity index (χ0) is 11.4. The van der Waals surface area contributed by atoms with Crippen LogP contribution in [0.1, 0.15) is 38.6 Å². The molecule has 0 unspecified atom stereocenters. The number of nitrogens with zero attached hydrogens (tertiary/aromatic N) is 2. The van der Waals surface area contributed by atoms with Crippen LogP contribution >= 0.6 is 12.2 Å². The van der Waals surface area contributed by atoms with Crippen LogP contribution < -0.4 is 5.73 Å². The Kier molecular flexibility index (Phi) is 4.44. The van der Waals surface area contributed by atoms with Crippen molar-refractivity contribution in [2.24, 2.45) is 5.73 Å². The fourth-order valence-electron chi connectivity index (χ4n) is 1.33. The van der Waals surface area contributed by atoms with Gasteiger partial charge in [-0.05, 0) is 25.6 Å². The first kappa shape index (κ1) is 12.4. The van der Waals surface area contributed by atoms with Gasteiger partial charge in [0.05, 0.1) is 12.1 Å². The third kappa shape index (κ3) is 2.87. The van der Waals surface area contributed by atoms with E-state index < -0.39 is 12.1 Å². The minimum Gasteiger partial charge on any atom is -0.391 e. The molecule has 1 aromatic heterocycles. The van der Waals surface area contributed by atoms with E-state index in [0.717, 1.165) is 19.4 Å². The molecule has 6 heteroatoms. The molecule has 5 nitrogen and oxygen atoms in total. The molecular formula is C9H18N4OS. The van der Waals surface area contributed by atoms with Gasteiger partial charge >= 0.3 is 0 Å². The average molecular weight is 230 g/mol. The summed E-state index contributed by atoms with van der Waals surface area (Å²) in [5.74, 6) is 0.628. The summed E-state index contributed by atoms with van der Waals surface area (Å²) in [6.07, 6.45) is 1.47. The number of aromatic amines is 1. The van der Waals surface area contributed by atoms with Crippen LogP contribution in [0.25, 0.3) is 0 Å². The third-order valence-electron chi connectivity index (χ3n) is 2.34. The van der Waals surface area contributed by atoms with Gasteiger partial charge < -0.3 is 15.4 Å². The fraction of sp³-hybridized carbons (Fsp3) is 0.778. The van der Waals surface area contributed by atoms with Crippen molar-refractivity contribution in [2.45, 2.75) is 45.4 Å². The third-order valence-corrected chi connectivity index (χ3v) is 2.65. The molecule has 2 atom stereocenters. The maximum absolute atomic E-state index is 9.41. The number of aliphatic hydroxyl groups is 1. The zero-order valence-corrected chi connectivity index (χ0v) is 9.92. The molecule has 0 bridgehead atoms. The summed E-state index contributed by atoms with van der Waals surface area (Å²) in [5.41, 5.74) is 5.82. The van der Waals surface area contributed by atoms with Gasteiger partial charge in [-0.1, -0.05) is 13.3 Å². The van der Waals surface area contributed by atoms with Crippen LogP contribution in [0, 0.1) is 4.77 Å². The van der Waals surface area contributed by atoms with Crippen LogP contribution in [0.4, 0.5) is 0 Å². The SMILES string of the molecule is CCCCn1c([C@@H](N)[C@H](C)O)n[nH]c1=S. The number of rotatable bonds is 5. The lowest BCUT2D eigenvalue weighted by Crippen LogP contribution is -2.27. The van der Waals surface area contributed by atoms with Crippen molar-refractivity contribution in [3.8, 4) is 0 Å². The lowest BCUT2D eigenvalue weighted by Gasteiger charge is -2.15. The van der Waals surface area contributed by atoms with Gasteiger partial charge in [-0.15, -0.1) is 0 Å². The van der Waals surface area contributed by atoms with Gasteiger partial charge in [-0.25, -0.2) is 0 Å². The number of aliphatic hydroxyl groups excluding tert-OH is 1. The summed E-state index contributed by atoms with van der Waals surface area (Å²) >= 11 is 5.10. The smallest absolute Gasteiger partial charge is 0.195 e. The number of hydrogen-bond donors (Lipinski definition) is 3. The van der Waals surface area contributed by atoms with Gasteiger partial charge in [0.1, 0.15) is 0 Å². The zero-order valence-electron chi connectivity index (χ0n) is 9.10. The van der Waals surface area contributed by atoms with Crippen LogP contribution in [0.5, 0.6) is 0 Å². The van der Waals surface area contributed by atoms with Crippen molar-refractivity contribution in [1.82, 2.24) is 14.8 Å². The standard InChI is InChI=1S/C9H18N4OS/c1-3-4-5-13-8(7(10)6(2)14)11-12-9(13)15/h6-7,14H,3-5,10H2,1-2H3,(H,12,15)/t6-,7-/m0/s1. The maximum atomic E-state index is 9.41. The number of nitrogens with two attached hydrogens (primary N) is 1. The molecule has 0 aliphatic rings. The Hall–Kier alpha value is -0.720. The van der Waals surface area contributed by atoms with E-state index in [-0.39, 0.29) is 0 Å². The summed E-state index contributed by atoms with van der Waals surface area (Å²) < 4.78 is 2.42. The second-order valence-corrected chi connectivity index (χ2v) is 4.05. The number of H-pyrrole nitrogens is 1. The highest BCUT2D eigenvalue weighted by molar-refractivity contribution is 7.71. The van der Waals surface area contributed by atoms with Crippen LogP contribution in [0.15, 0.2) is 0 Å². The summed E-state index contributed by atoms with van der Waals surface area (Å²) in [6, 6.07) is -0.491. The molecule has 0 amide bonds. The Bertz CT molecular complexity index is 357. The monoisotopic (exact) mass is 230 g/mol. The van der Waals surface area contributed by atoms with Crippen molar-refractivity contribution in [1.29, 1.82) is 0 Å². The molecule has 15 heavy (non-hydrogen) atoms. The predicted octanol–water partition coefficient (Wildman–Crippen LogP) is 1.12. The Morgan fingerprint density at radius 2 is 2.33 bits per heavy atom. The lowest BCUT2D eigenvalue weighted by molar-refractivity contribution is 0.158. The largest absolute Gasteiger partial charge is 0.391 e. The molecule has 0 aromatic carbocycles. The number of hydrogen-bond acceptors (Lipinski definition) is 4. The quantitative estimate of drug-likeness (QED) is 0.662. The Morgan fingerprint density at radius 3 is 2.87 bits per heavy atom. The molecule has 0 aliphatic heterocycles. The molecule has 1 heterocycles. The maximum Gasteiger partial charge on any atom is 0.195 e. The summed E-state index contributed by atoms with van der Waals surface area (Å²) in [6.45, 7) is 4.55. The number of unbranched alkanes of at least 4 members (excludes halogenated alkanes) is 1. The molecule has 0 saturated heterocycles. The van der Waals surface area contributed by atoms with Crippen LogP contribution in [-0.4, -0.2) is 26.0 Å². The topological polar surface area (TPSA) is 79.9 Å². The van der Waals surface area contributed by atoms with E-state index in [9.17, 15) is 5.11 Å². The summed E-state index contributed by atoms with van der Waals surface area (Å²) in [4.78, 5) is 0. The van der Waals surface area contributed by atoms with E-state index in [0.29, 0.717) is 10.6 Å². The Labute approximate surface area is 94.3 Å². The van der Waals surface area contributed by atoms with Gasteiger partial charge in [0, 0.05) is 6.54 Å². The van der Waals surface area contributed by atoms with Gasteiger partial charge in [-0.3, -0.25) is 5.10 Å². The molecule has 0 aliphatic carbocycles. The van der Waals surface area contributed by atoms with Crippen molar-refractivity contribution >= 4 is 12.2 Å². The molecule has 1 rings (SSSR count). The van der Waals surface area contributed by atoms with Gasteiger partial charge in [0.25, 0.3) is 0 Å². The average Bonchev–Trinajstić information content (AvgIpc) is 2.55. The molecule has 0 radical (unpaired) electrons. The Morgan fingerprint density at radius 1 is 1.67 bits per heavy atom. The normalized spacial score (nSPS) is 15.2. The number of nitrogens with one attached hydrogen (secondary N) is 1. The highest BCUT2D eigenvalue weighted by Gasteiger charge is 2.18. The molecule has 0 spiro atoms. The van der Waals surface area contributed by atoms with E-state index in [1.54, 1.807) is 6.92 Å². The Balaban J connectivity index is 2.92. The molecular weight excluding hydrogens is 212 g/mol. The summed E-state index contributed by atoms with van der Waals surface area (Å²) in [7, 11) is 0. The highest BCUT2D eigenvalue weighted by Crippen LogP contribution is 2.12. The van der Waals surface area contributed by atoms with E-state index in [2.05, 4.69) is 17.1 Å². The first-order valence-electron chi connectivity index (χ1n) is 5.16. The van der Waals surface area contributed by atoms with Crippen molar-refractivity contribution in [2.75, 3.05) is 0 Å². The lowest BCUT2D eigenvalue weighted by atomic mass is 10.2. The van der Waals surface area contributed by atoms with Crippen LogP contribution in [-0.2, 0) is 6.54 Å². The second kappa shape index (κ2) is 5.39. The predicted molar refractivity (Wildman–Crippen MR) is 60.9 cm³/mol. The van der Waals surface area contributed by atoms with E-state index in [1.165, 1.54) is 0 Å². The van der Waals surface area contributed by atoms with E-state index in [4.69, 9.17) is 18.0 Å². The van der Waals surface area contributed by atoms with Crippen molar-refractivity contribution in [3.05, 3.63) is 10.6 Å². The molecule has 4 N–H and O–H groups in total. The van der Waals surface area contributed by atoms with Gasteiger partial charge in [0.15, 0.2) is 10.6 Å². The van der Waals surface area contributed by atoms with Gasteiger partial charge in [0.2, 0.25) is 0 Å². The fourth-order valence-corrected chi connectivity index (χ4v) is 1.56. The summed E-state index contributed by atoms with van der Waals surface area (Å²) in [5, 5.41) is 16.2. The van der Waals surface area contributed by atoms with Crippen LogP contribution in [0.2, 0.25) is 0 Å².